The Labute approximate surface area is 202 Å². The molecule has 32 heavy (non-hydrogen) atoms. The van der Waals surface area contributed by atoms with Gasteiger partial charge >= 0.3 is 5.97 Å². The molecule has 2 heterocycles. The molecule has 2 aromatic rings. The summed E-state index contributed by atoms with van der Waals surface area (Å²) in [5.74, 6) is 1.31. The molecule has 176 valence electrons. The molecule has 1 aromatic carbocycles. The summed E-state index contributed by atoms with van der Waals surface area (Å²) < 4.78 is 13.5. The maximum Gasteiger partial charge on any atom is 0.318 e. The summed E-state index contributed by atoms with van der Waals surface area (Å²) in [5, 5.41) is 1.81. The highest BCUT2D eigenvalue weighted by Crippen LogP contribution is 2.40. The molecule has 0 aliphatic carbocycles. The molecule has 0 radical (unpaired) electrons. The Morgan fingerprint density at radius 3 is 2.25 bits per heavy atom. The second-order valence-electron chi connectivity index (χ2n) is 11.5. The van der Waals surface area contributed by atoms with Crippen LogP contribution >= 0.6 is 23.1 Å². The molecule has 5 nitrogen and oxygen atoms in total. The van der Waals surface area contributed by atoms with Crippen LogP contribution in [0.1, 0.15) is 46.6 Å². The van der Waals surface area contributed by atoms with Crippen molar-refractivity contribution < 1.29 is 13.6 Å². The zero-order valence-electron chi connectivity index (χ0n) is 21.0. The first-order valence-electron chi connectivity index (χ1n) is 11.0. The van der Waals surface area contributed by atoms with Crippen molar-refractivity contribution in [1.29, 1.82) is 0 Å². The van der Waals surface area contributed by atoms with Gasteiger partial charge in [0.05, 0.1) is 10.2 Å². The van der Waals surface area contributed by atoms with E-state index in [4.69, 9.17) is 13.8 Å². The van der Waals surface area contributed by atoms with E-state index in [-0.39, 0.29) is 16.0 Å². The van der Waals surface area contributed by atoms with Crippen LogP contribution in [0.5, 0.6) is 5.75 Å². The molecular formula is C23H36N2O3S2Si2. The molecule has 0 amide bonds. The van der Waals surface area contributed by atoms with Crippen LogP contribution in [-0.4, -0.2) is 44.4 Å². The molecule has 1 aliphatic heterocycles. The smallest absolute Gasteiger partial charge is 0.318 e. The molecule has 0 saturated heterocycles. The highest BCUT2D eigenvalue weighted by Gasteiger charge is 2.42. The molecule has 0 fully saturated rings. The number of benzene rings is 1. The number of nitrogens with zero attached hydrogens (tertiary/aromatic N) is 2. The number of hydrogen-bond acceptors (Lipinski definition) is 7. The Hall–Kier alpha value is -1.17. The number of aromatic nitrogens is 1. The molecule has 9 heteroatoms. The first-order valence-corrected chi connectivity index (χ1v) is 18.7. The van der Waals surface area contributed by atoms with E-state index in [2.05, 4.69) is 78.8 Å². The normalized spacial score (nSPS) is 18.1. The number of thioether (sulfide) groups is 1. The van der Waals surface area contributed by atoms with Gasteiger partial charge in [-0.2, -0.15) is 0 Å². The number of aliphatic imine (C=N–C) groups is 1. The summed E-state index contributed by atoms with van der Waals surface area (Å²) in [6.07, 6.45) is 0. The van der Waals surface area contributed by atoms with Crippen molar-refractivity contribution >= 4 is 61.0 Å². The van der Waals surface area contributed by atoms with Crippen LogP contribution < -0.4 is 4.43 Å². The zero-order chi connectivity index (χ0) is 24.1. The van der Waals surface area contributed by atoms with E-state index >= 15 is 0 Å². The average molecular weight is 509 g/mol. The lowest BCUT2D eigenvalue weighted by Gasteiger charge is -2.36. The van der Waals surface area contributed by atoms with Crippen molar-refractivity contribution in [1.82, 2.24) is 4.98 Å². The fraction of sp³-hybridized carbons (Fsp3) is 0.609. The van der Waals surface area contributed by atoms with E-state index in [1.807, 2.05) is 12.1 Å². The van der Waals surface area contributed by atoms with Gasteiger partial charge in [0.15, 0.2) is 6.04 Å². The number of hydrogen-bond donors (Lipinski definition) is 0. The quantitative estimate of drug-likeness (QED) is 0.403. The second kappa shape index (κ2) is 8.56. The van der Waals surface area contributed by atoms with E-state index in [9.17, 15) is 4.79 Å². The van der Waals surface area contributed by atoms with Gasteiger partial charge in [-0.3, -0.25) is 9.79 Å². The monoisotopic (exact) mass is 508 g/mol. The van der Waals surface area contributed by atoms with Gasteiger partial charge in [-0.05, 0) is 54.5 Å². The van der Waals surface area contributed by atoms with Crippen molar-refractivity contribution in [3.05, 3.63) is 23.2 Å². The molecular weight excluding hydrogens is 473 g/mol. The van der Waals surface area contributed by atoms with Gasteiger partial charge in [0.2, 0.25) is 8.32 Å². The Morgan fingerprint density at radius 2 is 1.66 bits per heavy atom. The van der Waals surface area contributed by atoms with Gasteiger partial charge in [-0.25, -0.2) is 4.98 Å². The number of fused-ring (bicyclic) bond motifs is 1. The van der Waals surface area contributed by atoms with Gasteiger partial charge in [-0.15, -0.1) is 23.1 Å². The van der Waals surface area contributed by atoms with Crippen LogP contribution in [0.4, 0.5) is 0 Å². The molecule has 0 N–H and O–H groups in total. The minimum absolute atomic E-state index is 0.0157. The van der Waals surface area contributed by atoms with Crippen LogP contribution in [0.25, 0.3) is 10.2 Å². The molecule has 3 rings (SSSR count). The predicted molar refractivity (Wildman–Crippen MR) is 144 cm³/mol. The van der Waals surface area contributed by atoms with Crippen LogP contribution in [0.3, 0.4) is 0 Å². The third-order valence-electron chi connectivity index (χ3n) is 6.81. The summed E-state index contributed by atoms with van der Waals surface area (Å²) in [5.41, 5.74) is 0.934. The molecule has 0 spiro atoms. The fourth-order valence-corrected chi connectivity index (χ4v) is 6.64. The SMILES string of the molecule is CC(C)(C)[Si](C)(C)OC(=O)C1CSC(c2nc3ccc(O[Si](C)(C)C(C)(C)C)cc3s2)=N1. The summed E-state index contributed by atoms with van der Waals surface area (Å²) in [6, 6.07) is 5.66. The minimum Gasteiger partial charge on any atom is -0.543 e. The van der Waals surface area contributed by atoms with Gasteiger partial charge in [0.1, 0.15) is 15.8 Å². The van der Waals surface area contributed by atoms with E-state index in [0.29, 0.717) is 5.75 Å². The van der Waals surface area contributed by atoms with Crippen LogP contribution in [0.2, 0.25) is 36.3 Å². The van der Waals surface area contributed by atoms with Gasteiger partial charge < -0.3 is 8.85 Å². The van der Waals surface area contributed by atoms with E-state index in [1.165, 1.54) is 0 Å². The minimum atomic E-state index is -2.15. The van der Waals surface area contributed by atoms with Crippen molar-refractivity contribution in [2.75, 3.05) is 5.75 Å². The van der Waals surface area contributed by atoms with Crippen molar-refractivity contribution in [3.8, 4) is 5.75 Å². The molecule has 1 atom stereocenters. The van der Waals surface area contributed by atoms with E-state index in [0.717, 1.165) is 26.0 Å². The molecule has 0 saturated carbocycles. The molecule has 1 aliphatic rings. The van der Waals surface area contributed by atoms with Crippen molar-refractivity contribution in [2.45, 2.75) is 83.8 Å². The standard InChI is InChI=1S/C23H36N2O3S2Si2/c1-22(2,3)31(7,8)27-15-11-12-16-18(13-15)30-20(24-16)19-25-17(14-29-19)21(26)28-32(9,10)23(4,5)6/h11-13,17H,14H2,1-10H3. The lowest BCUT2D eigenvalue weighted by Crippen LogP contribution is -2.44. The van der Waals surface area contributed by atoms with E-state index < -0.39 is 22.7 Å². The summed E-state index contributed by atoms with van der Waals surface area (Å²) in [7, 11) is -4.05. The van der Waals surface area contributed by atoms with Crippen LogP contribution in [0, 0.1) is 0 Å². The summed E-state index contributed by atoms with van der Waals surface area (Å²) in [6.45, 7) is 21.8. The average Bonchev–Trinajstić information content (AvgIpc) is 3.25. The second-order valence-corrected chi connectivity index (χ2v) is 22.9. The Bertz CT molecular complexity index is 1050. The first-order chi connectivity index (χ1) is 14.5. The van der Waals surface area contributed by atoms with Gasteiger partial charge in [-0.1, -0.05) is 41.5 Å². The lowest BCUT2D eigenvalue weighted by atomic mass is 10.2. The maximum atomic E-state index is 12.8. The van der Waals surface area contributed by atoms with Crippen molar-refractivity contribution in [3.63, 3.8) is 0 Å². The third-order valence-corrected chi connectivity index (χ3v) is 17.7. The number of thiazole rings is 1. The molecule has 1 unspecified atom stereocenters. The summed E-state index contributed by atoms with van der Waals surface area (Å²) >= 11 is 3.19. The Kier molecular flexibility index (Phi) is 6.81. The molecule has 0 bridgehead atoms. The topological polar surface area (TPSA) is 60.8 Å². The number of carbonyl (C=O) groups is 1. The predicted octanol–water partition coefficient (Wildman–Crippen LogP) is 7.09. The Balaban J connectivity index is 1.78. The van der Waals surface area contributed by atoms with Gasteiger partial charge in [0.25, 0.3) is 8.32 Å². The van der Waals surface area contributed by atoms with Gasteiger partial charge in [0, 0.05) is 5.75 Å². The van der Waals surface area contributed by atoms with Crippen LogP contribution in [0.15, 0.2) is 23.2 Å². The number of carbonyl (C=O) groups excluding carboxylic acids is 1. The van der Waals surface area contributed by atoms with Crippen molar-refractivity contribution in [2.24, 2.45) is 4.99 Å². The first kappa shape index (κ1) is 25.5. The molecule has 1 aromatic heterocycles. The summed E-state index contributed by atoms with van der Waals surface area (Å²) in [4.78, 5) is 22.2. The zero-order valence-corrected chi connectivity index (χ0v) is 24.6. The highest BCUT2D eigenvalue weighted by atomic mass is 32.2. The van der Waals surface area contributed by atoms with E-state index in [1.54, 1.807) is 23.1 Å². The maximum absolute atomic E-state index is 12.8. The number of rotatable bonds is 5. The third kappa shape index (κ3) is 5.31. The van der Waals surface area contributed by atoms with Crippen LogP contribution in [-0.2, 0) is 9.22 Å². The fourth-order valence-electron chi connectivity index (χ4n) is 2.59. The Morgan fingerprint density at radius 1 is 1.03 bits per heavy atom. The largest absolute Gasteiger partial charge is 0.543 e. The lowest BCUT2D eigenvalue weighted by molar-refractivity contribution is -0.136. The highest BCUT2D eigenvalue weighted by molar-refractivity contribution is 8.15.